The SMILES string of the molecule is CCNC(C1=CCCC1)c1ccc2c(c1)CCO2. The molecular formula is C16H21NO. The fourth-order valence-electron chi connectivity index (χ4n) is 3.01. The molecule has 2 nitrogen and oxygen atoms in total. The molecule has 0 bridgehead atoms. The van der Waals surface area contributed by atoms with Crippen LogP contribution in [-0.2, 0) is 6.42 Å². The number of rotatable bonds is 4. The third kappa shape index (κ3) is 2.17. The molecule has 1 aliphatic heterocycles. The van der Waals surface area contributed by atoms with Crippen LogP contribution in [0.2, 0.25) is 0 Å². The Bertz CT molecular complexity index is 464. The predicted molar refractivity (Wildman–Crippen MR) is 74.0 cm³/mol. The van der Waals surface area contributed by atoms with E-state index in [1.54, 1.807) is 5.57 Å². The lowest BCUT2D eigenvalue weighted by Crippen LogP contribution is -2.22. The molecule has 1 heterocycles. The first kappa shape index (κ1) is 11.8. The van der Waals surface area contributed by atoms with Gasteiger partial charge in [-0.05, 0) is 43.0 Å². The van der Waals surface area contributed by atoms with Gasteiger partial charge in [0.2, 0.25) is 0 Å². The van der Waals surface area contributed by atoms with Gasteiger partial charge in [-0.25, -0.2) is 0 Å². The highest BCUT2D eigenvalue weighted by Gasteiger charge is 2.20. The average Bonchev–Trinajstić information content (AvgIpc) is 3.05. The maximum Gasteiger partial charge on any atom is 0.122 e. The molecule has 0 aromatic heterocycles. The summed E-state index contributed by atoms with van der Waals surface area (Å²) >= 11 is 0. The summed E-state index contributed by atoms with van der Waals surface area (Å²) in [6.45, 7) is 4.03. The molecule has 1 atom stereocenters. The molecule has 2 heteroatoms. The first-order valence-corrected chi connectivity index (χ1v) is 7.06. The van der Waals surface area contributed by atoms with Crippen LogP contribution >= 0.6 is 0 Å². The molecule has 1 aromatic rings. The molecule has 1 aromatic carbocycles. The molecule has 0 spiro atoms. The van der Waals surface area contributed by atoms with Crippen molar-refractivity contribution in [2.75, 3.05) is 13.2 Å². The summed E-state index contributed by atoms with van der Waals surface area (Å²) in [6, 6.07) is 7.09. The van der Waals surface area contributed by atoms with Crippen LogP contribution in [0.5, 0.6) is 5.75 Å². The highest BCUT2D eigenvalue weighted by atomic mass is 16.5. The van der Waals surface area contributed by atoms with Gasteiger partial charge in [-0.1, -0.05) is 30.7 Å². The number of fused-ring (bicyclic) bond motifs is 1. The maximum atomic E-state index is 5.58. The van der Waals surface area contributed by atoms with Crippen LogP contribution in [0.15, 0.2) is 29.8 Å². The van der Waals surface area contributed by atoms with Gasteiger partial charge in [-0.15, -0.1) is 0 Å². The van der Waals surface area contributed by atoms with Crippen molar-refractivity contribution in [3.8, 4) is 5.75 Å². The topological polar surface area (TPSA) is 21.3 Å². The van der Waals surface area contributed by atoms with E-state index in [2.05, 4.69) is 36.5 Å². The largest absolute Gasteiger partial charge is 0.493 e. The molecule has 0 saturated carbocycles. The van der Waals surface area contributed by atoms with Gasteiger partial charge in [0.25, 0.3) is 0 Å². The highest BCUT2D eigenvalue weighted by Crippen LogP contribution is 2.34. The number of allylic oxidation sites excluding steroid dienone is 1. The first-order valence-electron chi connectivity index (χ1n) is 7.06. The molecule has 96 valence electrons. The fourth-order valence-corrected chi connectivity index (χ4v) is 3.01. The number of likely N-dealkylation sites (N-methyl/N-ethyl adjacent to an activating group) is 1. The molecule has 1 aliphatic carbocycles. The summed E-state index contributed by atoms with van der Waals surface area (Å²) in [7, 11) is 0. The molecule has 3 rings (SSSR count). The molecule has 0 radical (unpaired) electrons. The Balaban J connectivity index is 1.89. The van der Waals surface area contributed by atoms with Crippen molar-refractivity contribution in [3.05, 3.63) is 41.0 Å². The average molecular weight is 243 g/mol. The van der Waals surface area contributed by atoms with Crippen molar-refractivity contribution in [2.45, 2.75) is 38.6 Å². The van der Waals surface area contributed by atoms with E-state index in [-0.39, 0.29) is 0 Å². The lowest BCUT2D eigenvalue weighted by atomic mass is 9.96. The molecule has 1 unspecified atom stereocenters. The number of hydrogen-bond donors (Lipinski definition) is 1. The minimum atomic E-state index is 0.406. The summed E-state index contributed by atoms with van der Waals surface area (Å²) < 4.78 is 5.58. The lowest BCUT2D eigenvalue weighted by molar-refractivity contribution is 0.357. The number of hydrogen-bond acceptors (Lipinski definition) is 2. The quantitative estimate of drug-likeness (QED) is 0.819. The lowest BCUT2D eigenvalue weighted by Gasteiger charge is -2.20. The summed E-state index contributed by atoms with van der Waals surface area (Å²) in [6.07, 6.45) is 7.26. The Morgan fingerprint density at radius 2 is 2.28 bits per heavy atom. The van der Waals surface area contributed by atoms with Gasteiger partial charge in [0.05, 0.1) is 12.6 Å². The normalized spacial score (nSPS) is 19.3. The molecule has 0 amide bonds. The Kier molecular flexibility index (Phi) is 3.37. The van der Waals surface area contributed by atoms with Crippen molar-refractivity contribution < 1.29 is 4.74 Å². The highest BCUT2D eigenvalue weighted by molar-refractivity contribution is 5.43. The van der Waals surface area contributed by atoms with Gasteiger partial charge in [0.1, 0.15) is 5.75 Å². The molecule has 0 fully saturated rings. The third-order valence-corrected chi connectivity index (χ3v) is 3.90. The van der Waals surface area contributed by atoms with Gasteiger partial charge >= 0.3 is 0 Å². The number of nitrogens with one attached hydrogen (secondary N) is 1. The van der Waals surface area contributed by atoms with Crippen LogP contribution in [-0.4, -0.2) is 13.2 Å². The van der Waals surface area contributed by atoms with Crippen LogP contribution in [0.4, 0.5) is 0 Å². The van der Waals surface area contributed by atoms with E-state index < -0.39 is 0 Å². The molecule has 18 heavy (non-hydrogen) atoms. The van der Waals surface area contributed by atoms with Crippen LogP contribution in [0.1, 0.15) is 43.4 Å². The second-order valence-electron chi connectivity index (χ2n) is 5.13. The molecule has 2 aliphatic rings. The summed E-state index contributed by atoms with van der Waals surface area (Å²) in [5, 5.41) is 3.62. The Labute approximate surface area is 109 Å². The second-order valence-corrected chi connectivity index (χ2v) is 5.13. The van der Waals surface area contributed by atoms with Gasteiger partial charge in [0, 0.05) is 6.42 Å². The third-order valence-electron chi connectivity index (χ3n) is 3.90. The van der Waals surface area contributed by atoms with Crippen LogP contribution in [0.25, 0.3) is 0 Å². The van der Waals surface area contributed by atoms with E-state index in [0.29, 0.717) is 6.04 Å². The van der Waals surface area contributed by atoms with Gasteiger partial charge < -0.3 is 10.1 Å². The maximum absolute atomic E-state index is 5.58. The monoisotopic (exact) mass is 243 g/mol. The summed E-state index contributed by atoms with van der Waals surface area (Å²) in [5.74, 6) is 1.08. The predicted octanol–water partition coefficient (Wildman–Crippen LogP) is 3.38. The Hall–Kier alpha value is -1.28. The van der Waals surface area contributed by atoms with E-state index in [4.69, 9.17) is 4.74 Å². The molecule has 1 N–H and O–H groups in total. The summed E-state index contributed by atoms with van der Waals surface area (Å²) in [5.41, 5.74) is 4.33. The van der Waals surface area contributed by atoms with Gasteiger partial charge in [-0.2, -0.15) is 0 Å². The van der Waals surface area contributed by atoms with Gasteiger partial charge in [-0.3, -0.25) is 0 Å². The van der Waals surface area contributed by atoms with Crippen LogP contribution in [0.3, 0.4) is 0 Å². The minimum absolute atomic E-state index is 0.406. The standard InChI is InChI=1S/C16H21NO/c1-2-17-16(12-5-3-4-6-12)14-7-8-15-13(11-14)9-10-18-15/h5,7-8,11,16-17H,2-4,6,9-10H2,1H3. The molecular weight excluding hydrogens is 222 g/mol. The number of ether oxygens (including phenoxy) is 1. The Morgan fingerprint density at radius 1 is 1.33 bits per heavy atom. The smallest absolute Gasteiger partial charge is 0.122 e. The first-order chi connectivity index (χ1) is 8.88. The van der Waals surface area contributed by atoms with Crippen molar-refractivity contribution in [1.29, 1.82) is 0 Å². The Morgan fingerprint density at radius 3 is 3.06 bits per heavy atom. The van der Waals surface area contributed by atoms with Gasteiger partial charge in [0.15, 0.2) is 0 Å². The van der Waals surface area contributed by atoms with Crippen molar-refractivity contribution >= 4 is 0 Å². The minimum Gasteiger partial charge on any atom is -0.493 e. The zero-order chi connectivity index (χ0) is 12.4. The van der Waals surface area contributed by atoms with Crippen molar-refractivity contribution in [1.82, 2.24) is 5.32 Å². The number of benzene rings is 1. The van der Waals surface area contributed by atoms with E-state index in [1.165, 1.54) is 30.4 Å². The van der Waals surface area contributed by atoms with E-state index in [1.807, 2.05) is 0 Å². The second kappa shape index (κ2) is 5.15. The van der Waals surface area contributed by atoms with Crippen LogP contribution in [0, 0.1) is 0 Å². The zero-order valence-corrected chi connectivity index (χ0v) is 11.0. The van der Waals surface area contributed by atoms with E-state index >= 15 is 0 Å². The van der Waals surface area contributed by atoms with E-state index in [9.17, 15) is 0 Å². The van der Waals surface area contributed by atoms with Crippen molar-refractivity contribution in [3.63, 3.8) is 0 Å². The zero-order valence-electron chi connectivity index (χ0n) is 11.0. The van der Waals surface area contributed by atoms with Crippen molar-refractivity contribution in [2.24, 2.45) is 0 Å². The fraction of sp³-hybridized carbons (Fsp3) is 0.500. The van der Waals surface area contributed by atoms with Crippen LogP contribution < -0.4 is 10.1 Å². The van der Waals surface area contributed by atoms with E-state index in [0.717, 1.165) is 25.3 Å². The summed E-state index contributed by atoms with van der Waals surface area (Å²) in [4.78, 5) is 0. The molecule has 0 saturated heterocycles.